The molecule has 1 aromatic rings. The van der Waals surface area contributed by atoms with Crippen LogP contribution in [-0.4, -0.2) is 23.1 Å². The van der Waals surface area contributed by atoms with E-state index in [9.17, 15) is 14.0 Å². The van der Waals surface area contributed by atoms with Crippen molar-refractivity contribution in [1.29, 1.82) is 0 Å². The first kappa shape index (κ1) is 15.8. The zero-order valence-electron chi connectivity index (χ0n) is 11.5. The lowest BCUT2D eigenvalue weighted by molar-refractivity contribution is -0.142. The Morgan fingerprint density at radius 2 is 2.10 bits per heavy atom. The Labute approximate surface area is 130 Å². The van der Waals surface area contributed by atoms with Crippen molar-refractivity contribution < 1.29 is 19.1 Å². The number of benzene rings is 1. The van der Waals surface area contributed by atoms with Gasteiger partial charge in [-0.3, -0.25) is 4.79 Å². The second kappa shape index (κ2) is 6.43. The summed E-state index contributed by atoms with van der Waals surface area (Å²) in [4.78, 5) is 23.0. The van der Waals surface area contributed by atoms with E-state index in [1.807, 2.05) is 0 Å². The lowest BCUT2D eigenvalue weighted by Gasteiger charge is -2.18. The lowest BCUT2D eigenvalue weighted by atomic mass is 10.0. The van der Waals surface area contributed by atoms with Gasteiger partial charge in [0.2, 0.25) is 0 Å². The number of nitrogens with one attached hydrogen (secondary N) is 2. The Bertz CT molecular complexity index is 580. The zero-order valence-corrected chi connectivity index (χ0v) is 13.0. The molecule has 2 unspecified atom stereocenters. The number of anilines is 1. The molecular formula is C14H16BrFN2O3. The molecule has 2 amide bonds. The third kappa shape index (κ3) is 3.72. The van der Waals surface area contributed by atoms with Crippen LogP contribution in [0.4, 0.5) is 14.9 Å². The molecule has 2 atom stereocenters. The molecule has 21 heavy (non-hydrogen) atoms. The Hall–Kier alpha value is -1.63. The fraction of sp³-hybridized carbons (Fsp3) is 0.429. The SMILES string of the molecule is Cc1cc(Br)c(F)cc1NC(=O)NC1CCCC1C(=O)O. The molecule has 0 aliphatic heterocycles. The van der Waals surface area contributed by atoms with E-state index in [0.717, 1.165) is 6.42 Å². The van der Waals surface area contributed by atoms with E-state index < -0.39 is 23.7 Å². The highest BCUT2D eigenvalue weighted by Gasteiger charge is 2.33. The molecule has 2 rings (SSSR count). The number of aliphatic carboxylic acids is 1. The maximum absolute atomic E-state index is 13.5. The van der Waals surface area contributed by atoms with E-state index in [0.29, 0.717) is 28.6 Å². The van der Waals surface area contributed by atoms with Crippen molar-refractivity contribution >= 4 is 33.6 Å². The van der Waals surface area contributed by atoms with Gasteiger partial charge in [0.1, 0.15) is 5.82 Å². The number of hydrogen-bond donors (Lipinski definition) is 3. The van der Waals surface area contributed by atoms with Gasteiger partial charge in [0.25, 0.3) is 0 Å². The Morgan fingerprint density at radius 3 is 2.76 bits per heavy atom. The van der Waals surface area contributed by atoms with Crippen LogP contribution in [0.1, 0.15) is 24.8 Å². The molecule has 1 aliphatic rings. The maximum atomic E-state index is 13.5. The zero-order chi connectivity index (χ0) is 15.6. The number of urea groups is 1. The monoisotopic (exact) mass is 358 g/mol. The van der Waals surface area contributed by atoms with Crippen molar-refractivity contribution in [3.05, 3.63) is 28.0 Å². The predicted molar refractivity (Wildman–Crippen MR) is 79.8 cm³/mol. The summed E-state index contributed by atoms with van der Waals surface area (Å²) in [7, 11) is 0. The van der Waals surface area contributed by atoms with Crippen LogP contribution < -0.4 is 10.6 Å². The van der Waals surface area contributed by atoms with Gasteiger partial charge in [-0.2, -0.15) is 0 Å². The summed E-state index contributed by atoms with van der Waals surface area (Å²) in [5.74, 6) is -1.93. The van der Waals surface area contributed by atoms with Crippen molar-refractivity contribution in [1.82, 2.24) is 5.32 Å². The van der Waals surface area contributed by atoms with Crippen molar-refractivity contribution in [2.45, 2.75) is 32.2 Å². The van der Waals surface area contributed by atoms with E-state index >= 15 is 0 Å². The van der Waals surface area contributed by atoms with Crippen LogP contribution >= 0.6 is 15.9 Å². The third-order valence-electron chi connectivity index (χ3n) is 3.67. The molecule has 0 aromatic heterocycles. The molecule has 0 radical (unpaired) electrons. The molecule has 114 valence electrons. The summed E-state index contributed by atoms with van der Waals surface area (Å²) < 4.78 is 13.8. The second-order valence-electron chi connectivity index (χ2n) is 5.16. The summed E-state index contributed by atoms with van der Waals surface area (Å²) in [6.07, 6.45) is 1.97. The quantitative estimate of drug-likeness (QED) is 0.775. The molecule has 0 heterocycles. The van der Waals surface area contributed by atoms with Gasteiger partial charge in [-0.15, -0.1) is 0 Å². The maximum Gasteiger partial charge on any atom is 0.319 e. The standard InChI is InChI=1S/C14H16BrFN2O3/c1-7-5-9(15)10(16)6-12(7)18-14(21)17-11-4-2-3-8(11)13(19)20/h5-6,8,11H,2-4H2,1H3,(H,19,20)(H2,17,18,21). The van der Waals surface area contributed by atoms with Gasteiger partial charge in [0.15, 0.2) is 0 Å². The Morgan fingerprint density at radius 1 is 1.38 bits per heavy atom. The first-order valence-corrected chi connectivity index (χ1v) is 7.43. The summed E-state index contributed by atoms with van der Waals surface area (Å²) in [6.45, 7) is 1.75. The van der Waals surface area contributed by atoms with Crippen LogP contribution in [0.2, 0.25) is 0 Å². The van der Waals surface area contributed by atoms with E-state index in [4.69, 9.17) is 5.11 Å². The number of rotatable bonds is 3. The van der Waals surface area contributed by atoms with E-state index in [-0.39, 0.29) is 6.04 Å². The number of carboxylic acids is 1. The van der Waals surface area contributed by atoms with Crippen LogP contribution in [0.25, 0.3) is 0 Å². The minimum absolute atomic E-state index is 0.327. The first-order valence-electron chi connectivity index (χ1n) is 6.64. The average Bonchev–Trinajstić information content (AvgIpc) is 2.84. The van der Waals surface area contributed by atoms with E-state index in [1.54, 1.807) is 13.0 Å². The molecular weight excluding hydrogens is 343 g/mol. The number of carbonyl (C=O) groups is 2. The topological polar surface area (TPSA) is 78.4 Å². The number of halogens is 2. The Kier molecular flexibility index (Phi) is 4.82. The van der Waals surface area contributed by atoms with Crippen LogP contribution in [0.15, 0.2) is 16.6 Å². The molecule has 0 saturated heterocycles. The fourth-order valence-electron chi connectivity index (χ4n) is 2.54. The predicted octanol–water partition coefficient (Wildman–Crippen LogP) is 3.27. The normalized spacial score (nSPS) is 21.1. The minimum Gasteiger partial charge on any atom is -0.481 e. The average molecular weight is 359 g/mol. The van der Waals surface area contributed by atoms with Gasteiger partial charge in [-0.25, -0.2) is 9.18 Å². The van der Waals surface area contributed by atoms with E-state index in [2.05, 4.69) is 26.6 Å². The number of carbonyl (C=O) groups excluding carboxylic acids is 1. The molecule has 1 aliphatic carbocycles. The summed E-state index contributed by atoms with van der Waals surface area (Å²) in [5, 5.41) is 14.3. The number of aryl methyl sites for hydroxylation is 1. The van der Waals surface area contributed by atoms with Crippen LogP contribution in [-0.2, 0) is 4.79 Å². The van der Waals surface area contributed by atoms with Gasteiger partial charge >= 0.3 is 12.0 Å². The highest BCUT2D eigenvalue weighted by Crippen LogP contribution is 2.27. The molecule has 3 N–H and O–H groups in total. The van der Waals surface area contributed by atoms with Gasteiger partial charge in [-0.1, -0.05) is 6.42 Å². The van der Waals surface area contributed by atoms with Crippen LogP contribution in [0.5, 0.6) is 0 Å². The second-order valence-corrected chi connectivity index (χ2v) is 6.02. The largest absolute Gasteiger partial charge is 0.481 e. The smallest absolute Gasteiger partial charge is 0.319 e. The highest BCUT2D eigenvalue weighted by molar-refractivity contribution is 9.10. The molecule has 1 aromatic carbocycles. The lowest BCUT2D eigenvalue weighted by Crippen LogP contribution is -2.42. The molecule has 0 bridgehead atoms. The molecule has 7 heteroatoms. The molecule has 1 saturated carbocycles. The summed E-state index contributed by atoms with van der Waals surface area (Å²) in [5.41, 5.74) is 1.07. The van der Waals surface area contributed by atoms with Crippen molar-refractivity contribution in [2.24, 2.45) is 5.92 Å². The number of carboxylic acid groups (broad SMARTS) is 1. The van der Waals surface area contributed by atoms with E-state index in [1.165, 1.54) is 6.07 Å². The number of hydrogen-bond acceptors (Lipinski definition) is 2. The Balaban J connectivity index is 2.02. The van der Waals surface area contributed by atoms with Crippen LogP contribution in [0, 0.1) is 18.7 Å². The summed E-state index contributed by atoms with van der Waals surface area (Å²) in [6, 6.07) is 1.89. The molecule has 5 nitrogen and oxygen atoms in total. The highest BCUT2D eigenvalue weighted by atomic mass is 79.9. The van der Waals surface area contributed by atoms with Gasteiger partial charge in [0.05, 0.1) is 10.4 Å². The third-order valence-corrected chi connectivity index (χ3v) is 4.27. The van der Waals surface area contributed by atoms with Gasteiger partial charge in [-0.05, 0) is 53.4 Å². The van der Waals surface area contributed by atoms with Crippen molar-refractivity contribution in [3.8, 4) is 0 Å². The molecule has 1 fully saturated rings. The summed E-state index contributed by atoms with van der Waals surface area (Å²) >= 11 is 3.07. The molecule has 0 spiro atoms. The van der Waals surface area contributed by atoms with Crippen molar-refractivity contribution in [3.63, 3.8) is 0 Å². The van der Waals surface area contributed by atoms with Crippen molar-refractivity contribution in [2.75, 3.05) is 5.32 Å². The first-order chi connectivity index (χ1) is 9.88. The van der Waals surface area contributed by atoms with Gasteiger partial charge < -0.3 is 15.7 Å². The minimum atomic E-state index is -0.899. The van der Waals surface area contributed by atoms with Crippen LogP contribution in [0.3, 0.4) is 0 Å². The number of amides is 2. The fourth-order valence-corrected chi connectivity index (χ4v) is 2.99. The van der Waals surface area contributed by atoms with Gasteiger partial charge in [0, 0.05) is 11.7 Å².